The highest BCUT2D eigenvalue weighted by molar-refractivity contribution is 7.09. The fourth-order valence-corrected chi connectivity index (χ4v) is 3.02. The van der Waals surface area contributed by atoms with Crippen LogP contribution in [0.3, 0.4) is 0 Å². The molecular formula is C14H18N4S. The number of aryl methyl sites for hydroxylation is 2. The summed E-state index contributed by atoms with van der Waals surface area (Å²) < 4.78 is 0. The Kier molecular flexibility index (Phi) is 3.46. The first kappa shape index (κ1) is 12.5. The van der Waals surface area contributed by atoms with Gasteiger partial charge >= 0.3 is 0 Å². The van der Waals surface area contributed by atoms with E-state index >= 15 is 0 Å². The summed E-state index contributed by atoms with van der Waals surface area (Å²) in [6.45, 7) is 4.06. The minimum Gasteiger partial charge on any atom is -0.360 e. The van der Waals surface area contributed by atoms with Crippen molar-refractivity contribution in [2.24, 2.45) is 5.92 Å². The Hall–Kier alpha value is -1.49. The van der Waals surface area contributed by atoms with E-state index < -0.39 is 0 Å². The maximum atomic E-state index is 4.50. The van der Waals surface area contributed by atoms with Crippen LogP contribution in [0.1, 0.15) is 42.3 Å². The van der Waals surface area contributed by atoms with Crippen molar-refractivity contribution in [3.05, 3.63) is 34.2 Å². The number of nitrogens with zero attached hydrogens (tertiary/aromatic N) is 3. The second-order valence-electron chi connectivity index (χ2n) is 4.98. The number of hydrogen-bond donors (Lipinski definition) is 1. The van der Waals surface area contributed by atoms with Crippen LogP contribution in [0.5, 0.6) is 0 Å². The molecule has 1 N–H and O–H groups in total. The first-order valence-electron chi connectivity index (χ1n) is 6.76. The molecule has 0 aliphatic heterocycles. The number of thiazole rings is 1. The predicted octanol–water partition coefficient (Wildman–Crippen LogP) is 3.37. The van der Waals surface area contributed by atoms with Gasteiger partial charge in [0.15, 0.2) is 0 Å². The number of hydrogen-bond acceptors (Lipinski definition) is 5. The summed E-state index contributed by atoms with van der Waals surface area (Å²) in [7, 11) is 0. The van der Waals surface area contributed by atoms with E-state index in [4.69, 9.17) is 0 Å². The Labute approximate surface area is 117 Å². The van der Waals surface area contributed by atoms with Gasteiger partial charge in [0, 0.05) is 23.3 Å². The van der Waals surface area contributed by atoms with E-state index in [-0.39, 0.29) is 0 Å². The van der Waals surface area contributed by atoms with E-state index in [1.165, 1.54) is 12.8 Å². The number of rotatable bonds is 5. The zero-order valence-electron chi connectivity index (χ0n) is 11.3. The Morgan fingerprint density at radius 3 is 2.89 bits per heavy atom. The first-order chi connectivity index (χ1) is 9.26. The third-order valence-corrected chi connectivity index (χ3v) is 4.23. The summed E-state index contributed by atoms with van der Waals surface area (Å²) in [5.74, 6) is 2.46. The Morgan fingerprint density at radius 2 is 2.26 bits per heavy atom. The summed E-state index contributed by atoms with van der Waals surface area (Å²) in [6, 6.07) is 2.36. The molecule has 1 saturated carbocycles. The third-order valence-electron chi connectivity index (χ3n) is 3.37. The zero-order chi connectivity index (χ0) is 13.2. The largest absolute Gasteiger partial charge is 0.360 e. The van der Waals surface area contributed by atoms with Gasteiger partial charge in [0.2, 0.25) is 0 Å². The van der Waals surface area contributed by atoms with Crippen molar-refractivity contribution in [1.29, 1.82) is 0 Å². The van der Waals surface area contributed by atoms with Gasteiger partial charge in [-0.2, -0.15) is 0 Å². The number of aromatic nitrogens is 3. The molecule has 19 heavy (non-hydrogen) atoms. The van der Waals surface area contributed by atoms with Gasteiger partial charge in [-0.3, -0.25) is 0 Å². The van der Waals surface area contributed by atoms with Gasteiger partial charge < -0.3 is 5.32 Å². The van der Waals surface area contributed by atoms with Crippen LogP contribution < -0.4 is 5.32 Å². The van der Waals surface area contributed by atoms with E-state index in [9.17, 15) is 0 Å². The van der Waals surface area contributed by atoms with Crippen molar-refractivity contribution in [3.63, 3.8) is 0 Å². The highest BCUT2D eigenvalue weighted by atomic mass is 32.1. The van der Waals surface area contributed by atoms with Gasteiger partial charge in [0.1, 0.15) is 16.6 Å². The van der Waals surface area contributed by atoms with Crippen LogP contribution in [-0.2, 0) is 6.42 Å². The van der Waals surface area contributed by atoms with Crippen molar-refractivity contribution in [1.82, 2.24) is 15.0 Å². The standard InChI is InChI=1S/C14H18N4S/c1-3-11-8-12(17-9(2)16-11)18-13(10-4-5-10)14-15-6-7-19-14/h6-8,10,13H,3-5H2,1-2H3,(H,16,17,18). The molecule has 0 aromatic carbocycles. The van der Waals surface area contributed by atoms with E-state index in [2.05, 4.69) is 33.3 Å². The molecular weight excluding hydrogens is 256 g/mol. The van der Waals surface area contributed by atoms with Crippen molar-refractivity contribution in [2.75, 3.05) is 5.32 Å². The van der Waals surface area contributed by atoms with Crippen molar-refractivity contribution >= 4 is 17.2 Å². The summed E-state index contributed by atoms with van der Waals surface area (Å²) in [6.07, 6.45) is 5.37. The second kappa shape index (κ2) is 5.25. The summed E-state index contributed by atoms with van der Waals surface area (Å²) in [5, 5.41) is 6.76. The lowest BCUT2D eigenvalue weighted by Crippen LogP contribution is -2.14. The quantitative estimate of drug-likeness (QED) is 0.908. The topological polar surface area (TPSA) is 50.7 Å². The first-order valence-corrected chi connectivity index (χ1v) is 7.64. The Balaban J connectivity index is 1.84. The van der Waals surface area contributed by atoms with Gasteiger partial charge in [-0.1, -0.05) is 6.92 Å². The van der Waals surface area contributed by atoms with Crippen LogP contribution in [0, 0.1) is 12.8 Å². The van der Waals surface area contributed by atoms with Gasteiger partial charge in [0.25, 0.3) is 0 Å². The van der Waals surface area contributed by atoms with Crippen LogP contribution in [-0.4, -0.2) is 15.0 Å². The Morgan fingerprint density at radius 1 is 1.42 bits per heavy atom. The fourth-order valence-electron chi connectivity index (χ4n) is 2.24. The summed E-state index contributed by atoms with van der Waals surface area (Å²) in [5.41, 5.74) is 1.09. The highest BCUT2D eigenvalue weighted by Gasteiger charge is 2.34. The van der Waals surface area contributed by atoms with Gasteiger partial charge in [-0.05, 0) is 32.1 Å². The van der Waals surface area contributed by atoms with Crippen molar-refractivity contribution < 1.29 is 0 Å². The Bertz CT molecular complexity index is 549. The van der Waals surface area contributed by atoms with Crippen LogP contribution in [0.25, 0.3) is 0 Å². The van der Waals surface area contributed by atoms with Gasteiger partial charge in [0.05, 0.1) is 6.04 Å². The monoisotopic (exact) mass is 274 g/mol. The van der Waals surface area contributed by atoms with Crippen LogP contribution in [0.15, 0.2) is 17.6 Å². The number of nitrogens with one attached hydrogen (secondary N) is 1. The van der Waals surface area contributed by atoms with E-state index in [1.807, 2.05) is 18.5 Å². The van der Waals surface area contributed by atoms with Crippen molar-refractivity contribution in [2.45, 2.75) is 39.2 Å². The maximum absolute atomic E-state index is 4.50. The molecule has 1 fully saturated rings. The minimum atomic E-state index is 0.305. The van der Waals surface area contributed by atoms with Crippen LogP contribution >= 0.6 is 11.3 Å². The maximum Gasteiger partial charge on any atom is 0.130 e. The molecule has 0 bridgehead atoms. The molecule has 1 aliphatic carbocycles. The van der Waals surface area contributed by atoms with Crippen LogP contribution in [0.2, 0.25) is 0 Å². The molecule has 1 atom stereocenters. The molecule has 4 nitrogen and oxygen atoms in total. The predicted molar refractivity (Wildman–Crippen MR) is 77.3 cm³/mol. The summed E-state index contributed by atoms with van der Waals surface area (Å²) in [4.78, 5) is 13.4. The minimum absolute atomic E-state index is 0.305. The van der Waals surface area contributed by atoms with Gasteiger partial charge in [-0.25, -0.2) is 15.0 Å². The average Bonchev–Trinajstić information content (AvgIpc) is 3.10. The molecule has 2 aromatic rings. The highest BCUT2D eigenvalue weighted by Crippen LogP contribution is 2.43. The zero-order valence-corrected chi connectivity index (χ0v) is 12.1. The SMILES string of the molecule is CCc1cc(NC(c2nccs2)C2CC2)nc(C)n1. The molecule has 0 amide bonds. The summed E-state index contributed by atoms with van der Waals surface area (Å²) >= 11 is 1.72. The van der Waals surface area contributed by atoms with E-state index in [0.29, 0.717) is 12.0 Å². The molecule has 1 unspecified atom stereocenters. The lowest BCUT2D eigenvalue weighted by Gasteiger charge is -2.17. The molecule has 2 aromatic heterocycles. The lowest BCUT2D eigenvalue weighted by atomic mass is 10.2. The third kappa shape index (κ3) is 2.92. The molecule has 5 heteroatoms. The molecule has 2 heterocycles. The molecule has 100 valence electrons. The normalized spacial score (nSPS) is 16.3. The molecule has 0 radical (unpaired) electrons. The smallest absolute Gasteiger partial charge is 0.130 e. The average molecular weight is 274 g/mol. The fraction of sp³-hybridized carbons (Fsp3) is 0.500. The van der Waals surface area contributed by atoms with Crippen LogP contribution in [0.4, 0.5) is 5.82 Å². The lowest BCUT2D eigenvalue weighted by molar-refractivity contribution is 0.669. The second-order valence-corrected chi connectivity index (χ2v) is 5.90. The van der Waals surface area contributed by atoms with E-state index in [0.717, 1.165) is 28.8 Å². The van der Waals surface area contributed by atoms with Crippen molar-refractivity contribution in [3.8, 4) is 0 Å². The molecule has 0 saturated heterocycles. The number of anilines is 1. The molecule has 0 spiro atoms. The van der Waals surface area contributed by atoms with Gasteiger partial charge in [-0.15, -0.1) is 11.3 Å². The molecule has 3 rings (SSSR count). The van der Waals surface area contributed by atoms with E-state index in [1.54, 1.807) is 11.3 Å². The molecule has 1 aliphatic rings.